The maximum atomic E-state index is 14.4. The number of hydrogen-bond acceptors (Lipinski definition) is 9. The lowest BCUT2D eigenvalue weighted by Crippen LogP contribution is -2.62. The number of ether oxygens (including phenoxy) is 2. The van der Waals surface area contributed by atoms with Crippen molar-refractivity contribution in [2.45, 2.75) is 61.9 Å². The highest BCUT2D eigenvalue weighted by molar-refractivity contribution is 9.10. The first kappa shape index (κ1) is 31.4. The summed E-state index contributed by atoms with van der Waals surface area (Å²) in [4.78, 5) is 15.7. The molecule has 228 valence electrons. The Bertz CT molecular complexity index is 1530. The molecule has 5 rings (SSSR count). The number of benzene rings is 2. The van der Waals surface area contributed by atoms with Gasteiger partial charge in [0.15, 0.2) is 6.10 Å². The number of nitriles is 1. The predicted molar refractivity (Wildman–Crippen MR) is 152 cm³/mol. The Kier molecular flexibility index (Phi) is 9.43. The first-order valence-corrected chi connectivity index (χ1v) is 14.5. The van der Waals surface area contributed by atoms with Crippen LogP contribution in [0.3, 0.4) is 0 Å². The van der Waals surface area contributed by atoms with E-state index in [9.17, 15) is 34.2 Å². The van der Waals surface area contributed by atoms with Crippen LogP contribution in [-0.4, -0.2) is 86.5 Å². The second-order valence-corrected chi connectivity index (χ2v) is 11.6. The van der Waals surface area contributed by atoms with Crippen molar-refractivity contribution in [1.82, 2.24) is 15.0 Å². The van der Waals surface area contributed by atoms with Crippen LogP contribution in [-0.2, 0) is 14.3 Å². The third-order valence-corrected chi connectivity index (χ3v) is 8.76. The summed E-state index contributed by atoms with van der Waals surface area (Å²) >= 11 is 9.10. The number of aliphatic hydroxyl groups is 3. The fraction of sp³-hybridized carbons (Fsp3) is 0.429. The molecule has 0 bridgehead atoms. The Balaban J connectivity index is 1.55. The van der Waals surface area contributed by atoms with Gasteiger partial charge in [-0.2, -0.15) is 5.26 Å². The minimum atomic E-state index is -1.45. The zero-order valence-electron chi connectivity index (χ0n) is 22.6. The number of amides is 1. The zero-order valence-corrected chi connectivity index (χ0v) is 25.0. The van der Waals surface area contributed by atoms with Gasteiger partial charge < -0.3 is 29.7 Å². The van der Waals surface area contributed by atoms with E-state index in [1.165, 1.54) is 41.1 Å². The minimum Gasteiger partial charge on any atom is -0.394 e. The van der Waals surface area contributed by atoms with Gasteiger partial charge >= 0.3 is 0 Å². The molecule has 15 heteroatoms. The molecule has 1 aliphatic heterocycles. The van der Waals surface area contributed by atoms with Crippen molar-refractivity contribution in [3.8, 4) is 17.3 Å². The molecule has 1 saturated carbocycles. The van der Waals surface area contributed by atoms with Gasteiger partial charge in [0.1, 0.15) is 41.7 Å². The largest absolute Gasteiger partial charge is 0.394 e. The summed E-state index contributed by atoms with van der Waals surface area (Å²) in [6, 6.07) is 6.69. The lowest BCUT2D eigenvalue weighted by atomic mass is 9.91. The number of aliphatic hydroxyl groups excluding tert-OH is 3. The molecule has 1 aromatic heterocycles. The molecule has 3 aromatic rings. The second-order valence-electron chi connectivity index (χ2n) is 10.4. The molecule has 2 aromatic carbocycles. The maximum absolute atomic E-state index is 14.4. The van der Waals surface area contributed by atoms with Crippen LogP contribution in [0.15, 0.2) is 41.0 Å². The van der Waals surface area contributed by atoms with E-state index >= 15 is 0 Å². The van der Waals surface area contributed by atoms with Gasteiger partial charge in [0.25, 0.3) is 5.91 Å². The summed E-state index contributed by atoms with van der Waals surface area (Å²) in [5.41, 5.74) is 0.588. The van der Waals surface area contributed by atoms with Crippen molar-refractivity contribution in [2.75, 3.05) is 18.6 Å². The van der Waals surface area contributed by atoms with Gasteiger partial charge in [0, 0.05) is 23.4 Å². The zero-order chi connectivity index (χ0) is 31.0. The highest BCUT2D eigenvalue weighted by Gasteiger charge is 2.52. The van der Waals surface area contributed by atoms with Gasteiger partial charge in [-0.25, -0.2) is 13.5 Å². The van der Waals surface area contributed by atoms with Crippen LogP contribution in [0.1, 0.15) is 30.9 Å². The van der Waals surface area contributed by atoms with Crippen LogP contribution >= 0.6 is 27.5 Å². The molecule has 1 amide bonds. The van der Waals surface area contributed by atoms with Crippen LogP contribution < -0.4 is 4.90 Å². The highest BCUT2D eigenvalue weighted by Crippen LogP contribution is 2.37. The van der Waals surface area contributed by atoms with E-state index in [1.54, 1.807) is 0 Å². The van der Waals surface area contributed by atoms with E-state index in [1.807, 2.05) is 6.07 Å². The number of rotatable bonds is 7. The smallest absolute Gasteiger partial charge is 0.259 e. The molecule has 3 N–H and O–H groups in total. The van der Waals surface area contributed by atoms with E-state index in [2.05, 4.69) is 26.2 Å². The first-order chi connectivity index (χ1) is 20.6. The predicted octanol–water partition coefficient (Wildman–Crippen LogP) is 3.13. The maximum Gasteiger partial charge on any atom is 0.259 e. The van der Waals surface area contributed by atoms with Crippen molar-refractivity contribution in [1.29, 1.82) is 5.26 Å². The molecule has 2 heterocycles. The van der Waals surface area contributed by atoms with Crippen molar-refractivity contribution in [2.24, 2.45) is 0 Å². The van der Waals surface area contributed by atoms with Gasteiger partial charge in [-0.05, 0) is 65.5 Å². The molecule has 7 atom stereocenters. The summed E-state index contributed by atoms with van der Waals surface area (Å²) in [5.74, 6) is -2.38. The van der Waals surface area contributed by atoms with Crippen LogP contribution in [0.5, 0.6) is 0 Å². The molecular formula is C28H27BrClF2N5O6. The van der Waals surface area contributed by atoms with E-state index < -0.39 is 66.8 Å². The average molecular weight is 683 g/mol. The number of methoxy groups -OCH3 is 1. The van der Waals surface area contributed by atoms with Crippen molar-refractivity contribution in [3.63, 3.8) is 0 Å². The Labute approximate surface area is 258 Å². The monoisotopic (exact) mass is 681 g/mol. The molecule has 0 spiro atoms. The molecule has 43 heavy (non-hydrogen) atoms. The summed E-state index contributed by atoms with van der Waals surface area (Å²) in [7, 11) is 1.30. The van der Waals surface area contributed by atoms with Gasteiger partial charge in [-0.15, -0.1) is 5.10 Å². The van der Waals surface area contributed by atoms with Crippen molar-refractivity contribution < 1.29 is 38.4 Å². The van der Waals surface area contributed by atoms with Gasteiger partial charge in [-0.1, -0.05) is 16.8 Å². The molecule has 0 radical (unpaired) electrons. The number of aromatic nitrogens is 3. The standard InChI is InChI=1S/C28H27BrClF2N5O6/c1-42-26-24(36-11-19(34-35-36)14-7-17(31)23(29)18(32)8-14)25(40)22(12-38)43-27(26)28(41)37(20-3-2-4-21(20)39)16-6-13(10-33)5-15(30)9-16/h5-9,11,20-22,24-27,38-40H,2-4,12H2,1H3/t20-,21-,22+,24-,25-,26+,27+/m0/s1. The normalized spacial score (nSPS) is 27.2. The van der Waals surface area contributed by atoms with E-state index in [-0.39, 0.29) is 32.0 Å². The van der Waals surface area contributed by atoms with Crippen LogP contribution in [0, 0.1) is 23.0 Å². The molecule has 11 nitrogen and oxygen atoms in total. The number of carbonyl (C=O) groups excluding carboxylic acids is 1. The van der Waals surface area contributed by atoms with E-state index in [0.717, 1.165) is 12.1 Å². The van der Waals surface area contributed by atoms with Crippen LogP contribution in [0.25, 0.3) is 11.3 Å². The fourth-order valence-corrected chi connectivity index (χ4v) is 6.19. The summed E-state index contributed by atoms with van der Waals surface area (Å²) in [6.45, 7) is -0.676. The summed E-state index contributed by atoms with van der Waals surface area (Å²) < 4.78 is 40.9. The molecule has 1 saturated heterocycles. The first-order valence-electron chi connectivity index (χ1n) is 13.3. The number of nitrogens with zero attached hydrogens (tertiary/aromatic N) is 5. The van der Waals surface area contributed by atoms with Gasteiger partial charge in [0.2, 0.25) is 0 Å². The minimum absolute atomic E-state index is 0.0703. The SMILES string of the molecule is CO[C@@H]1[C@@H](n2cc(-c3cc(F)c(Br)c(F)c3)nn2)[C@@H](O)[C@@H](CO)O[C@H]1C(=O)N(c1cc(Cl)cc(C#N)c1)[C@H]1CCC[C@@H]1O. The number of carbonyl (C=O) groups is 1. The van der Waals surface area contributed by atoms with Crippen LogP contribution in [0.2, 0.25) is 5.02 Å². The van der Waals surface area contributed by atoms with Gasteiger partial charge in [0.05, 0.1) is 41.1 Å². The number of halogens is 4. The van der Waals surface area contributed by atoms with E-state index in [4.69, 9.17) is 21.1 Å². The summed E-state index contributed by atoms with van der Waals surface area (Å²) in [5, 5.41) is 49.9. The second kappa shape index (κ2) is 12.9. The lowest BCUT2D eigenvalue weighted by molar-refractivity contribution is -0.211. The molecule has 2 fully saturated rings. The summed E-state index contributed by atoms with van der Waals surface area (Å²) in [6.07, 6.45) is -3.39. The lowest BCUT2D eigenvalue weighted by Gasteiger charge is -2.45. The highest BCUT2D eigenvalue weighted by atomic mass is 79.9. The third kappa shape index (κ3) is 6.03. The Morgan fingerprint density at radius 3 is 2.58 bits per heavy atom. The van der Waals surface area contributed by atoms with Crippen LogP contribution in [0.4, 0.5) is 14.5 Å². The Hall–Kier alpha value is -3.03. The Morgan fingerprint density at radius 2 is 1.98 bits per heavy atom. The number of hydrogen-bond donors (Lipinski definition) is 3. The van der Waals surface area contributed by atoms with E-state index in [0.29, 0.717) is 19.3 Å². The number of anilines is 1. The third-order valence-electron chi connectivity index (χ3n) is 7.78. The Morgan fingerprint density at radius 1 is 1.26 bits per heavy atom. The quantitative estimate of drug-likeness (QED) is 0.319. The topological polar surface area (TPSA) is 154 Å². The fourth-order valence-electron chi connectivity index (χ4n) is 5.74. The molecule has 0 unspecified atom stereocenters. The molecule has 1 aliphatic carbocycles. The van der Waals surface area contributed by atoms with Gasteiger partial charge in [-0.3, -0.25) is 4.79 Å². The van der Waals surface area contributed by atoms with Crippen molar-refractivity contribution in [3.05, 3.63) is 63.2 Å². The van der Waals surface area contributed by atoms with Crippen molar-refractivity contribution >= 4 is 39.1 Å². The molecular weight excluding hydrogens is 656 g/mol. The average Bonchev–Trinajstić information content (AvgIpc) is 3.64. The molecule has 2 aliphatic rings.